The van der Waals surface area contributed by atoms with Gasteiger partial charge >= 0.3 is 5.97 Å². The van der Waals surface area contributed by atoms with Crippen molar-refractivity contribution in [1.82, 2.24) is 9.80 Å². The molecule has 0 bridgehead atoms. The van der Waals surface area contributed by atoms with Crippen LogP contribution in [0.3, 0.4) is 0 Å². The minimum absolute atomic E-state index is 0.0891. The molecule has 1 saturated heterocycles. The molecule has 7 heteroatoms. The van der Waals surface area contributed by atoms with Gasteiger partial charge in [0.15, 0.2) is 6.61 Å². The Balaban J connectivity index is 1.31. The zero-order valence-corrected chi connectivity index (χ0v) is 18.2. The lowest BCUT2D eigenvalue weighted by Crippen LogP contribution is -2.38. The maximum atomic E-state index is 12.7. The first-order valence-corrected chi connectivity index (χ1v) is 11.6. The van der Waals surface area contributed by atoms with Gasteiger partial charge in [-0.1, -0.05) is 36.4 Å². The summed E-state index contributed by atoms with van der Waals surface area (Å²) in [4.78, 5) is 41.8. The SMILES string of the molecule is O=C(OCC(=O)N1CCc2ccccc2C1)c1ccccc1SCC(=O)N1CCCC1. The smallest absolute Gasteiger partial charge is 0.339 e. The highest BCUT2D eigenvalue weighted by Crippen LogP contribution is 2.25. The number of esters is 1. The monoisotopic (exact) mass is 438 g/mol. The summed E-state index contributed by atoms with van der Waals surface area (Å²) in [6, 6.07) is 15.1. The molecule has 2 heterocycles. The predicted octanol–water partition coefficient (Wildman–Crippen LogP) is 3.14. The molecule has 0 unspecified atom stereocenters. The molecule has 162 valence electrons. The van der Waals surface area contributed by atoms with Crippen molar-refractivity contribution in [3.8, 4) is 0 Å². The molecule has 2 aromatic rings. The van der Waals surface area contributed by atoms with Gasteiger partial charge in [0.2, 0.25) is 5.91 Å². The molecule has 0 radical (unpaired) electrons. The normalized spacial score (nSPS) is 15.5. The van der Waals surface area contributed by atoms with E-state index in [4.69, 9.17) is 4.74 Å². The van der Waals surface area contributed by atoms with Crippen molar-refractivity contribution in [2.45, 2.75) is 30.7 Å². The Morgan fingerprint density at radius 3 is 2.35 bits per heavy atom. The van der Waals surface area contributed by atoms with Gasteiger partial charge in [0.1, 0.15) is 0 Å². The van der Waals surface area contributed by atoms with Crippen LogP contribution in [0.4, 0.5) is 0 Å². The fraction of sp³-hybridized carbons (Fsp3) is 0.375. The first-order chi connectivity index (χ1) is 15.1. The molecule has 2 amide bonds. The predicted molar refractivity (Wildman–Crippen MR) is 119 cm³/mol. The number of amides is 2. The molecule has 2 aromatic carbocycles. The van der Waals surface area contributed by atoms with Crippen LogP contribution in [-0.2, 0) is 27.3 Å². The van der Waals surface area contributed by atoms with Gasteiger partial charge in [-0.2, -0.15) is 0 Å². The van der Waals surface area contributed by atoms with Crippen molar-refractivity contribution in [2.75, 3.05) is 32.0 Å². The number of nitrogens with zero attached hydrogens (tertiary/aromatic N) is 2. The van der Waals surface area contributed by atoms with E-state index in [0.717, 1.165) is 37.9 Å². The highest BCUT2D eigenvalue weighted by atomic mass is 32.2. The molecule has 31 heavy (non-hydrogen) atoms. The topological polar surface area (TPSA) is 66.9 Å². The number of fused-ring (bicyclic) bond motifs is 1. The second-order valence-corrected chi connectivity index (χ2v) is 8.80. The summed E-state index contributed by atoms with van der Waals surface area (Å²) < 4.78 is 5.34. The molecule has 2 aliphatic rings. The van der Waals surface area contributed by atoms with Gasteiger partial charge in [-0.25, -0.2) is 4.79 Å². The Labute approximate surface area is 186 Å². The highest BCUT2D eigenvalue weighted by molar-refractivity contribution is 8.00. The molecule has 6 nitrogen and oxygen atoms in total. The lowest BCUT2D eigenvalue weighted by molar-refractivity contribution is -0.135. The van der Waals surface area contributed by atoms with Crippen LogP contribution in [0.5, 0.6) is 0 Å². The van der Waals surface area contributed by atoms with E-state index in [1.54, 1.807) is 17.0 Å². The van der Waals surface area contributed by atoms with Crippen molar-refractivity contribution < 1.29 is 19.1 Å². The molecule has 4 rings (SSSR count). The van der Waals surface area contributed by atoms with Crippen LogP contribution in [0.1, 0.15) is 34.3 Å². The largest absolute Gasteiger partial charge is 0.452 e. The standard InChI is InChI=1S/C24H26N2O4S/c27-22(26-14-11-18-7-1-2-8-19(18)15-26)16-30-24(29)20-9-3-4-10-21(20)31-17-23(28)25-12-5-6-13-25/h1-4,7-10H,5-6,11-17H2. The number of hydrogen-bond acceptors (Lipinski definition) is 5. The van der Waals surface area contributed by atoms with E-state index in [1.807, 2.05) is 35.2 Å². The third kappa shape index (κ3) is 5.28. The highest BCUT2D eigenvalue weighted by Gasteiger charge is 2.23. The molecule has 0 atom stereocenters. The van der Waals surface area contributed by atoms with E-state index >= 15 is 0 Å². The summed E-state index contributed by atoms with van der Waals surface area (Å²) in [5.74, 6) is -0.359. The van der Waals surface area contributed by atoms with Crippen LogP contribution in [0.15, 0.2) is 53.4 Å². The Kier molecular flexibility index (Phi) is 6.92. The summed E-state index contributed by atoms with van der Waals surface area (Å²) in [7, 11) is 0. The summed E-state index contributed by atoms with van der Waals surface area (Å²) in [5, 5.41) is 0. The maximum absolute atomic E-state index is 12.7. The van der Waals surface area contributed by atoms with Crippen molar-refractivity contribution >= 4 is 29.5 Å². The maximum Gasteiger partial charge on any atom is 0.339 e. The second-order valence-electron chi connectivity index (χ2n) is 7.78. The van der Waals surface area contributed by atoms with Crippen molar-refractivity contribution in [3.05, 3.63) is 65.2 Å². The summed E-state index contributed by atoms with van der Waals surface area (Å²) in [5.41, 5.74) is 2.79. The van der Waals surface area contributed by atoms with Crippen LogP contribution in [0.2, 0.25) is 0 Å². The van der Waals surface area contributed by atoms with E-state index in [-0.39, 0.29) is 24.2 Å². The first kappa shape index (κ1) is 21.4. The van der Waals surface area contributed by atoms with Gasteiger partial charge in [-0.3, -0.25) is 9.59 Å². The Morgan fingerprint density at radius 1 is 0.839 bits per heavy atom. The zero-order chi connectivity index (χ0) is 21.6. The van der Waals surface area contributed by atoms with E-state index in [2.05, 4.69) is 6.07 Å². The average molecular weight is 439 g/mol. The third-order valence-corrected chi connectivity index (χ3v) is 6.79. The number of likely N-dealkylation sites (tertiary alicyclic amines) is 1. The number of thioether (sulfide) groups is 1. The van der Waals surface area contributed by atoms with Gasteiger partial charge in [-0.15, -0.1) is 11.8 Å². The fourth-order valence-electron chi connectivity index (χ4n) is 3.96. The molecule has 0 aliphatic carbocycles. The van der Waals surface area contributed by atoms with Crippen LogP contribution in [0.25, 0.3) is 0 Å². The van der Waals surface area contributed by atoms with E-state index in [1.165, 1.54) is 17.3 Å². The molecule has 0 N–H and O–H groups in total. The molecular weight excluding hydrogens is 412 g/mol. The van der Waals surface area contributed by atoms with Crippen LogP contribution >= 0.6 is 11.8 Å². The zero-order valence-electron chi connectivity index (χ0n) is 17.4. The first-order valence-electron chi connectivity index (χ1n) is 10.6. The van der Waals surface area contributed by atoms with E-state index in [9.17, 15) is 14.4 Å². The van der Waals surface area contributed by atoms with Gasteiger partial charge in [0.25, 0.3) is 5.91 Å². The quantitative estimate of drug-likeness (QED) is 0.512. The van der Waals surface area contributed by atoms with Crippen LogP contribution in [0, 0.1) is 0 Å². The third-order valence-electron chi connectivity index (χ3n) is 5.73. The number of ether oxygens (including phenoxy) is 1. The van der Waals surface area contributed by atoms with Crippen LogP contribution in [-0.4, -0.2) is 59.6 Å². The minimum Gasteiger partial charge on any atom is -0.452 e. The summed E-state index contributed by atoms with van der Waals surface area (Å²) in [6.45, 7) is 2.50. The number of benzene rings is 2. The van der Waals surface area contributed by atoms with Gasteiger partial charge < -0.3 is 14.5 Å². The van der Waals surface area contributed by atoms with Crippen molar-refractivity contribution in [1.29, 1.82) is 0 Å². The molecule has 1 fully saturated rings. The Morgan fingerprint density at radius 2 is 1.55 bits per heavy atom. The van der Waals surface area contributed by atoms with Crippen LogP contribution < -0.4 is 0 Å². The summed E-state index contributed by atoms with van der Waals surface area (Å²) >= 11 is 1.34. The van der Waals surface area contributed by atoms with E-state index < -0.39 is 5.97 Å². The molecular formula is C24H26N2O4S. The number of hydrogen-bond donors (Lipinski definition) is 0. The number of carbonyl (C=O) groups is 3. The molecule has 0 aromatic heterocycles. The fourth-order valence-corrected chi connectivity index (χ4v) is 4.91. The van der Waals surface area contributed by atoms with Gasteiger partial charge in [-0.05, 0) is 42.5 Å². The number of carbonyl (C=O) groups excluding carboxylic acids is 3. The second kappa shape index (κ2) is 10.0. The van der Waals surface area contributed by atoms with Gasteiger partial charge in [0.05, 0.1) is 11.3 Å². The molecule has 2 aliphatic heterocycles. The molecule has 0 spiro atoms. The van der Waals surface area contributed by atoms with E-state index in [0.29, 0.717) is 23.5 Å². The lowest BCUT2D eigenvalue weighted by atomic mass is 10.00. The summed E-state index contributed by atoms with van der Waals surface area (Å²) in [6.07, 6.45) is 2.91. The minimum atomic E-state index is -0.539. The van der Waals surface area contributed by atoms with Gasteiger partial charge in [0, 0.05) is 31.1 Å². The average Bonchev–Trinajstić information content (AvgIpc) is 3.36. The lowest BCUT2D eigenvalue weighted by Gasteiger charge is -2.28. The van der Waals surface area contributed by atoms with Crippen molar-refractivity contribution in [2.24, 2.45) is 0 Å². The number of rotatable bonds is 6. The van der Waals surface area contributed by atoms with Crippen molar-refractivity contribution in [3.63, 3.8) is 0 Å². The Hall–Kier alpha value is -2.80. The molecule has 0 saturated carbocycles. The Bertz CT molecular complexity index is 972.